The summed E-state index contributed by atoms with van der Waals surface area (Å²) in [6, 6.07) is 0. The maximum absolute atomic E-state index is 11.2. The fraction of sp³-hybridized carbons (Fsp3) is 1.00. The summed E-state index contributed by atoms with van der Waals surface area (Å²) < 4.78 is 20.6. The molecular formula is C8H20ClO4PS2. The van der Waals surface area contributed by atoms with Crippen LogP contribution in [0.4, 0.5) is 0 Å². The Morgan fingerprint density at radius 3 is 1.75 bits per heavy atom. The molecule has 0 aliphatic carbocycles. The molecule has 0 aromatic heterocycles. The molecule has 16 heavy (non-hydrogen) atoms. The predicted molar refractivity (Wildman–Crippen MR) is 74.0 cm³/mol. The molecule has 0 amide bonds. The average Bonchev–Trinajstić information content (AvgIpc) is 2.20. The molecule has 100 valence electrons. The molecule has 0 spiro atoms. The third-order valence-corrected chi connectivity index (χ3v) is 4.72. The first kappa shape index (κ1) is 19.4. The lowest BCUT2D eigenvalue weighted by atomic mass is 10.4. The van der Waals surface area contributed by atoms with E-state index in [-0.39, 0.29) is 12.4 Å². The van der Waals surface area contributed by atoms with E-state index in [0.29, 0.717) is 11.5 Å². The van der Waals surface area contributed by atoms with Crippen LogP contribution in [0, 0.1) is 0 Å². The smallest absolute Gasteiger partial charge is 0.301 e. The molecule has 0 rings (SSSR count). The number of phosphoric acid groups is 1. The lowest BCUT2D eigenvalue weighted by molar-refractivity contribution is 0.323. The van der Waals surface area contributed by atoms with Crippen molar-refractivity contribution in [2.45, 2.75) is 39.5 Å². The standard InChI is InChI=1S/C8H19O4PS2.ClH/c1-3-5-7-14-11-13(9,10)12-15-8-6-4-2;/h3-8H2,1-2H3,(H,9,10);1H. The maximum Gasteiger partial charge on any atom is 0.494 e. The quantitative estimate of drug-likeness (QED) is 0.366. The first-order chi connectivity index (χ1) is 7.12. The van der Waals surface area contributed by atoms with E-state index in [9.17, 15) is 9.46 Å². The summed E-state index contributed by atoms with van der Waals surface area (Å²) in [5.41, 5.74) is 0. The van der Waals surface area contributed by atoms with E-state index in [4.69, 9.17) is 7.94 Å². The van der Waals surface area contributed by atoms with Gasteiger partial charge < -0.3 is 4.89 Å². The molecule has 1 N–H and O–H groups in total. The van der Waals surface area contributed by atoms with Crippen molar-refractivity contribution in [2.75, 3.05) is 11.5 Å². The highest BCUT2D eigenvalue weighted by molar-refractivity contribution is 8.01. The van der Waals surface area contributed by atoms with Crippen molar-refractivity contribution in [2.24, 2.45) is 0 Å². The van der Waals surface area contributed by atoms with E-state index in [1.54, 1.807) is 0 Å². The summed E-state index contributed by atoms with van der Waals surface area (Å²) in [5.74, 6) is 1.42. The molecule has 8 heteroatoms. The monoisotopic (exact) mass is 310 g/mol. The van der Waals surface area contributed by atoms with E-state index >= 15 is 0 Å². The van der Waals surface area contributed by atoms with Crippen molar-refractivity contribution < 1.29 is 17.4 Å². The zero-order valence-corrected chi connectivity index (χ0v) is 12.9. The second kappa shape index (κ2) is 12.6. The summed E-state index contributed by atoms with van der Waals surface area (Å²) in [4.78, 5) is 9.18. The summed E-state index contributed by atoms with van der Waals surface area (Å²) in [5, 5.41) is 0. The maximum atomic E-state index is 11.2. The molecule has 0 saturated heterocycles. The Morgan fingerprint density at radius 2 is 1.44 bits per heavy atom. The van der Waals surface area contributed by atoms with E-state index in [2.05, 4.69) is 13.8 Å². The lowest BCUT2D eigenvalue weighted by Gasteiger charge is -2.08. The lowest BCUT2D eigenvalue weighted by Crippen LogP contribution is -1.87. The molecule has 4 nitrogen and oxygen atoms in total. The highest BCUT2D eigenvalue weighted by Gasteiger charge is 2.22. The van der Waals surface area contributed by atoms with Gasteiger partial charge in [-0.3, -0.25) is 0 Å². The molecule has 0 aromatic carbocycles. The van der Waals surface area contributed by atoms with Crippen LogP contribution < -0.4 is 0 Å². The molecule has 0 bridgehead atoms. The Morgan fingerprint density at radius 1 is 1.06 bits per heavy atom. The largest absolute Gasteiger partial charge is 0.494 e. The third kappa shape index (κ3) is 13.2. The van der Waals surface area contributed by atoms with E-state index in [1.807, 2.05) is 0 Å². The van der Waals surface area contributed by atoms with Crippen molar-refractivity contribution in [1.82, 2.24) is 0 Å². The molecule has 0 fully saturated rings. The van der Waals surface area contributed by atoms with Gasteiger partial charge in [0.1, 0.15) is 0 Å². The van der Waals surface area contributed by atoms with Gasteiger partial charge in [-0.1, -0.05) is 26.7 Å². The van der Waals surface area contributed by atoms with Crippen LogP contribution in [0.3, 0.4) is 0 Å². The normalized spacial score (nSPS) is 11.2. The molecule has 0 heterocycles. The first-order valence-corrected chi connectivity index (χ1v) is 8.39. The zero-order chi connectivity index (χ0) is 11.6. The fourth-order valence-corrected chi connectivity index (χ4v) is 3.42. The molecule has 0 aromatic rings. The zero-order valence-electron chi connectivity index (χ0n) is 9.59. The highest BCUT2D eigenvalue weighted by Crippen LogP contribution is 2.50. The molecule has 0 unspecified atom stereocenters. The summed E-state index contributed by atoms with van der Waals surface area (Å²) in [6.07, 6.45) is 4.01. The summed E-state index contributed by atoms with van der Waals surface area (Å²) in [7, 11) is -3.85. The van der Waals surface area contributed by atoms with Crippen LogP contribution in [0.25, 0.3) is 0 Å². The van der Waals surface area contributed by atoms with Gasteiger partial charge in [0.05, 0.1) is 0 Å². The first-order valence-electron chi connectivity index (χ1n) is 5.07. The third-order valence-electron chi connectivity index (χ3n) is 1.46. The van der Waals surface area contributed by atoms with Gasteiger partial charge >= 0.3 is 7.82 Å². The van der Waals surface area contributed by atoms with Crippen LogP contribution in [0.15, 0.2) is 0 Å². The summed E-state index contributed by atoms with van der Waals surface area (Å²) in [6.45, 7) is 4.10. The number of rotatable bonds is 10. The van der Waals surface area contributed by atoms with Gasteiger partial charge in [0.25, 0.3) is 0 Å². The number of halogens is 1. The Bertz CT molecular complexity index is 181. The topological polar surface area (TPSA) is 55.8 Å². The molecule has 0 saturated carbocycles. The SMILES string of the molecule is CCCCSOP(=O)(O)OSCCCC.Cl. The predicted octanol–water partition coefficient (Wildman–Crippen LogP) is 4.44. The van der Waals surface area contributed by atoms with Gasteiger partial charge in [-0.15, -0.1) is 12.4 Å². The Kier molecular flexibility index (Phi) is 15.3. The van der Waals surface area contributed by atoms with Crippen molar-refractivity contribution in [3.8, 4) is 0 Å². The minimum absolute atomic E-state index is 0. The Balaban J connectivity index is 0. The Hall–Kier alpha value is 1.10. The van der Waals surface area contributed by atoms with Gasteiger partial charge in [-0.05, 0) is 12.8 Å². The molecular weight excluding hydrogens is 291 g/mol. The minimum Gasteiger partial charge on any atom is -0.301 e. The van der Waals surface area contributed by atoms with Crippen LogP contribution in [-0.4, -0.2) is 16.4 Å². The van der Waals surface area contributed by atoms with E-state index in [0.717, 1.165) is 49.8 Å². The van der Waals surface area contributed by atoms with Gasteiger partial charge in [0, 0.05) is 35.6 Å². The highest BCUT2D eigenvalue weighted by atomic mass is 35.5. The van der Waals surface area contributed by atoms with Crippen molar-refractivity contribution in [3.05, 3.63) is 0 Å². The second-order valence-electron chi connectivity index (χ2n) is 2.97. The van der Waals surface area contributed by atoms with Gasteiger partial charge in [-0.2, -0.15) is 0 Å². The van der Waals surface area contributed by atoms with E-state index < -0.39 is 7.82 Å². The van der Waals surface area contributed by atoms with Crippen LogP contribution in [-0.2, 0) is 12.5 Å². The van der Waals surface area contributed by atoms with Crippen LogP contribution in [0.2, 0.25) is 0 Å². The number of hydrogen-bond donors (Lipinski definition) is 1. The number of hydrogen-bond acceptors (Lipinski definition) is 5. The second-order valence-corrected chi connectivity index (χ2v) is 6.39. The van der Waals surface area contributed by atoms with Crippen LogP contribution >= 0.6 is 44.3 Å². The van der Waals surface area contributed by atoms with Crippen LogP contribution in [0.1, 0.15) is 39.5 Å². The molecule has 0 radical (unpaired) electrons. The van der Waals surface area contributed by atoms with Crippen molar-refractivity contribution in [1.29, 1.82) is 0 Å². The van der Waals surface area contributed by atoms with Crippen molar-refractivity contribution in [3.63, 3.8) is 0 Å². The molecule has 0 aliphatic heterocycles. The van der Waals surface area contributed by atoms with E-state index in [1.165, 1.54) is 0 Å². The van der Waals surface area contributed by atoms with Crippen molar-refractivity contribution >= 4 is 44.3 Å². The molecule has 0 atom stereocenters. The number of unbranched alkanes of at least 4 members (excludes halogenated alkanes) is 2. The fourth-order valence-electron chi connectivity index (χ4n) is 0.627. The van der Waals surface area contributed by atoms with Gasteiger partial charge in [0.2, 0.25) is 0 Å². The summed E-state index contributed by atoms with van der Waals surface area (Å²) >= 11 is 1.99. The minimum atomic E-state index is -3.85. The van der Waals surface area contributed by atoms with Crippen LogP contribution in [0.5, 0.6) is 0 Å². The van der Waals surface area contributed by atoms with Gasteiger partial charge in [0.15, 0.2) is 0 Å². The molecule has 0 aliphatic rings. The Labute approximate surface area is 113 Å². The van der Waals surface area contributed by atoms with Gasteiger partial charge in [-0.25, -0.2) is 12.5 Å². The average molecular weight is 311 g/mol.